The van der Waals surface area contributed by atoms with Gasteiger partial charge >= 0.3 is 0 Å². The minimum Gasteiger partial charge on any atom is -0.398 e. The highest BCUT2D eigenvalue weighted by Gasteiger charge is 2.18. The lowest BCUT2D eigenvalue weighted by atomic mass is 10.2. The summed E-state index contributed by atoms with van der Waals surface area (Å²) in [5, 5.41) is -0.0709. The van der Waals surface area contributed by atoms with Crippen molar-refractivity contribution in [3.63, 3.8) is 0 Å². The maximum Gasteiger partial charge on any atom is 0.274 e. The number of halogens is 2. The van der Waals surface area contributed by atoms with Gasteiger partial charge in [0.25, 0.3) is 5.91 Å². The number of nitrogens with two attached hydrogens (primary N) is 1. The van der Waals surface area contributed by atoms with Crippen LogP contribution in [0, 0.1) is 0 Å². The largest absolute Gasteiger partial charge is 0.398 e. The monoisotopic (exact) mass is 396 g/mol. The predicted octanol–water partition coefficient (Wildman–Crippen LogP) is 2.74. The number of carbonyl (C=O) groups is 1. The molecule has 1 aromatic rings. The Kier molecular flexibility index (Phi) is 8.83. The number of nitrogens with one attached hydrogen (secondary N) is 1. The van der Waals surface area contributed by atoms with Crippen LogP contribution in [0.25, 0.3) is 0 Å². The fourth-order valence-electron chi connectivity index (χ4n) is 1.91. The van der Waals surface area contributed by atoms with Crippen molar-refractivity contribution in [3.8, 4) is 0 Å². The summed E-state index contributed by atoms with van der Waals surface area (Å²) in [6.07, 6.45) is 2.16. The maximum absolute atomic E-state index is 12.0. The Hall–Kier alpha value is -1.02. The Morgan fingerprint density at radius 1 is 1.38 bits per heavy atom. The van der Waals surface area contributed by atoms with Crippen molar-refractivity contribution in [3.05, 3.63) is 23.8 Å². The van der Waals surface area contributed by atoms with Crippen molar-refractivity contribution in [2.45, 2.75) is 36.5 Å². The second-order valence-electron chi connectivity index (χ2n) is 5.15. The van der Waals surface area contributed by atoms with Crippen molar-refractivity contribution in [1.82, 2.24) is 5.48 Å². The third kappa shape index (κ3) is 6.47. The van der Waals surface area contributed by atoms with Gasteiger partial charge in [-0.1, -0.05) is 6.92 Å². The van der Waals surface area contributed by atoms with Crippen LogP contribution in [0.2, 0.25) is 0 Å². The van der Waals surface area contributed by atoms with Gasteiger partial charge in [0.15, 0.2) is 9.84 Å². The maximum atomic E-state index is 12.0. The summed E-state index contributed by atoms with van der Waals surface area (Å²) in [4.78, 5) is 17.0. The van der Waals surface area contributed by atoms with Crippen LogP contribution in [-0.2, 0) is 14.7 Å². The summed E-state index contributed by atoms with van der Waals surface area (Å²) in [5.41, 5.74) is 8.21. The number of hydrogen-bond acceptors (Lipinski definition) is 5. The zero-order valence-electron chi connectivity index (χ0n) is 13.4. The number of amides is 1. The number of rotatable bonds is 10. The number of anilines is 1. The number of nitrogen functional groups attached to an aromatic ring is 1. The smallest absolute Gasteiger partial charge is 0.274 e. The number of sulfone groups is 1. The van der Waals surface area contributed by atoms with E-state index in [0.717, 1.165) is 12.8 Å². The van der Waals surface area contributed by atoms with Crippen LogP contribution in [0.3, 0.4) is 0 Å². The van der Waals surface area contributed by atoms with Gasteiger partial charge in [-0.05, 0) is 37.5 Å². The average molecular weight is 397 g/mol. The van der Waals surface area contributed by atoms with Gasteiger partial charge in [-0.25, -0.2) is 13.9 Å². The first-order valence-electron chi connectivity index (χ1n) is 7.56. The molecule has 0 heterocycles. The van der Waals surface area contributed by atoms with Crippen molar-refractivity contribution in [2.24, 2.45) is 0 Å². The fraction of sp³-hybridized carbons (Fsp3) is 0.533. The molecule has 0 aliphatic rings. The van der Waals surface area contributed by atoms with E-state index in [9.17, 15) is 13.2 Å². The van der Waals surface area contributed by atoms with Crippen LogP contribution in [0.1, 0.15) is 36.5 Å². The molecule has 0 aliphatic carbocycles. The molecule has 3 N–H and O–H groups in total. The predicted molar refractivity (Wildman–Crippen MR) is 96.2 cm³/mol. The van der Waals surface area contributed by atoms with Crippen LogP contribution in [0.5, 0.6) is 0 Å². The van der Waals surface area contributed by atoms with Gasteiger partial charge in [-0.15, -0.1) is 23.2 Å². The van der Waals surface area contributed by atoms with Gasteiger partial charge in [-0.3, -0.25) is 9.63 Å². The minimum absolute atomic E-state index is 0.0560. The van der Waals surface area contributed by atoms with Gasteiger partial charge in [-0.2, -0.15) is 0 Å². The quantitative estimate of drug-likeness (QED) is 0.274. The van der Waals surface area contributed by atoms with Crippen molar-refractivity contribution in [2.75, 3.05) is 24.0 Å². The molecule has 0 saturated carbocycles. The molecule has 0 saturated heterocycles. The van der Waals surface area contributed by atoms with E-state index in [0.29, 0.717) is 12.3 Å². The third-order valence-electron chi connectivity index (χ3n) is 3.34. The highest BCUT2D eigenvalue weighted by Crippen LogP contribution is 2.21. The van der Waals surface area contributed by atoms with Crippen LogP contribution in [0.15, 0.2) is 23.1 Å². The normalized spacial score (nSPS) is 12.8. The zero-order chi connectivity index (χ0) is 18.2. The molecule has 0 bridgehead atoms. The number of alkyl halides is 2. The minimum atomic E-state index is -3.50. The van der Waals surface area contributed by atoms with Crippen molar-refractivity contribution in [1.29, 1.82) is 0 Å². The Morgan fingerprint density at radius 2 is 2.08 bits per heavy atom. The highest BCUT2D eigenvalue weighted by molar-refractivity contribution is 7.91. The van der Waals surface area contributed by atoms with Gasteiger partial charge in [0.1, 0.15) is 0 Å². The van der Waals surface area contributed by atoms with E-state index in [-0.39, 0.29) is 33.9 Å². The summed E-state index contributed by atoms with van der Waals surface area (Å²) in [6, 6.07) is 4.07. The topological polar surface area (TPSA) is 98.5 Å². The molecule has 0 aliphatic heterocycles. The van der Waals surface area contributed by atoms with Crippen LogP contribution < -0.4 is 11.2 Å². The molecule has 0 fully saturated rings. The molecule has 6 nitrogen and oxygen atoms in total. The molecule has 1 unspecified atom stereocenters. The standard InChI is InChI=1S/C15H22Cl2N2O4S/c1-2-24(21,22)14-10-11(5-6-13(14)18)15(20)19-23-9-7-12(17)4-3-8-16/h5-6,10,12H,2-4,7-9,18H2,1H3,(H,19,20). The van der Waals surface area contributed by atoms with E-state index < -0.39 is 15.7 Å². The van der Waals surface area contributed by atoms with E-state index in [1.165, 1.54) is 25.1 Å². The van der Waals surface area contributed by atoms with E-state index in [1.54, 1.807) is 0 Å². The second kappa shape index (κ2) is 10.1. The lowest BCUT2D eigenvalue weighted by Gasteiger charge is -2.11. The number of hydroxylamine groups is 1. The average Bonchev–Trinajstić information content (AvgIpc) is 2.56. The number of hydrogen-bond donors (Lipinski definition) is 2. The molecule has 0 aromatic heterocycles. The van der Waals surface area contributed by atoms with Gasteiger partial charge in [0.2, 0.25) is 0 Å². The summed E-state index contributed by atoms with van der Waals surface area (Å²) in [7, 11) is -3.50. The Balaban J connectivity index is 2.59. The highest BCUT2D eigenvalue weighted by atomic mass is 35.5. The Labute approximate surface area is 152 Å². The molecular formula is C15H22Cl2N2O4S. The summed E-state index contributed by atoms with van der Waals surface area (Å²) >= 11 is 11.6. The fourth-order valence-corrected chi connectivity index (χ4v) is 3.35. The van der Waals surface area contributed by atoms with Crippen molar-refractivity contribution < 1.29 is 18.0 Å². The second-order valence-corrected chi connectivity index (χ2v) is 8.39. The Morgan fingerprint density at radius 3 is 2.71 bits per heavy atom. The van der Waals surface area contributed by atoms with E-state index in [1.807, 2.05) is 0 Å². The molecular weight excluding hydrogens is 375 g/mol. The summed E-state index contributed by atoms with van der Waals surface area (Å²) in [5.74, 6) is -0.0893. The molecule has 1 aromatic carbocycles. The molecule has 0 radical (unpaired) electrons. The zero-order valence-corrected chi connectivity index (χ0v) is 15.8. The third-order valence-corrected chi connectivity index (χ3v) is 5.83. The van der Waals surface area contributed by atoms with Gasteiger partial charge in [0.05, 0.1) is 22.9 Å². The number of carbonyl (C=O) groups excluding carboxylic acids is 1. The molecule has 9 heteroatoms. The SMILES string of the molecule is CCS(=O)(=O)c1cc(C(=O)NOCCC(Cl)CCCCl)ccc1N. The van der Waals surface area contributed by atoms with Crippen LogP contribution in [0.4, 0.5) is 5.69 Å². The molecule has 1 atom stereocenters. The summed E-state index contributed by atoms with van der Waals surface area (Å²) < 4.78 is 23.9. The first-order valence-corrected chi connectivity index (χ1v) is 10.2. The van der Waals surface area contributed by atoms with E-state index in [2.05, 4.69) is 5.48 Å². The molecule has 1 amide bonds. The Bertz CT molecular complexity index is 653. The first kappa shape index (κ1) is 21.0. The van der Waals surface area contributed by atoms with Gasteiger partial charge in [0, 0.05) is 16.8 Å². The lowest BCUT2D eigenvalue weighted by Crippen LogP contribution is -2.25. The molecule has 1 rings (SSSR count). The summed E-state index contributed by atoms with van der Waals surface area (Å²) in [6.45, 7) is 1.76. The molecule has 24 heavy (non-hydrogen) atoms. The lowest BCUT2D eigenvalue weighted by molar-refractivity contribution is 0.0300. The first-order chi connectivity index (χ1) is 11.3. The van der Waals surface area contributed by atoms with Crippen molar-refractivity contribution >= 4 is 44.6 Å². The van der Waals surface area contributed by atoms with Gasteiger partial charge < -0.3 is 5.73 Å². The van der Waals surface area contributed by atoms with E-state index in [4.69, 9.17) is 33.8 Å². The van der Waals surface area contributed by atoms with Crippen LogP contribution >= 0.6 is 23.2 Å². The van der Waals surface area contributed by atoms with Crippen LogP contribution in [-0.4, -0.2) is 37.9 Å². The molecule has 0 spiro atoms. The number of benzene rings is 1. The molecule has 136 valence electrons. The van der Waals surface area contributed by atoms with E-state index >= 15 is 0 Å².